The molecule has 0 aliphatic carbocycles. The zero-order chi connectivity index (χ0) is 15.5. The number of carbonyl (C=O) groups is 2. The predicted molar refractivity (Wildman–Crippen MR) is 86.4 cm³/mol. The van der Waals surface area contributed by atoms with Gasteiger partial charge < -0.3 is 10.2 Å². The SMILES string of the molecule is CC(C)(C)C(=O)NCC(=O)N1CCSC[C@H]1c1nccs1. The standard InChI is InChI=1S/C14H21N3O2S2/c1-14(2,3)13(19)16-8-11(18)17-5-7-20-9-10(17)12-15-4-6-21-12/h4,6,10H,5,7-9H2,1-3H3,(H,16,19)/t10-/m0/s1. The van der Waals surface area contributed by atoms with Crippen LogP contribution in [-0.2, 0) is 9.59 Å². The van der Waals surface area contributed by atoms with Crippen molar-refractivity contribution in [2.75, 3.05) is 24.6 Å². The normalized spacial score (nSPS) is 19.4. The van der Waals surface area contributed by atoms with Crippen LogP contribution in [0.4, 0.5) is 0 Å². The van der Waals surface area contributed by atoms with E-state index in [1.54, 1.807) is 17.5 Å². The average molecular weight is 327 g/mol. The molecule has 1 atom stereocenters. The number of nitrogens with one attached hydrogen (secondary N) is 1. The lowest BCUT2D eigenvalue weighted by Crippen LogP contribution is -2.47. The number of thiazole rings is 1. The lowest BCUT2D eigenvalue weighted by molar-refractivity contribution is -0.136. The predicted octanol–water partition coefficient (Wildman–Crippen LogP) is 1.92. The van der Waals surface area contributed by atoms with Crippen molar-refractivity contribution in [3.05, 3.63) is 16.6 Å². The highest BCUT2D eigenvalue weighted by molar-refractivity contribution is 7.99. The first-order chi connectivity index (χ1) is 9.89. The zero-order valence-electron chi connectivity index (χ0n) is 12.6. The maximum Gasteiger partial charge on any atom is 0.242 e. The summed E-state index contributed by atoms with van der Waals surface area (Å²) in [4.78, 5) is 30.5. The van der Waals surface area contributed by atoms with Crippen LogP contribution < -0.4 is 5.32 Å². The Kier molecular flexibility index (Phi) is 5.27. The summed E-state index contributed by atoms with van der Waals surface area (Å²) in [5.41, 5.74) is -0.479. The Morgan fingerprint density at radius 3 is 2.86 bits per heavy atom. The molecule has 7 heteroatoms. The van der Waals surface area contributed by atoms with E-state index in [4.69, 9.17) is 0 Å². The molecule has 2 heterocycles. The Hall–Kier alpha value is -1.08. The van der Waals surface area contributed by atoms with Crippen LogP contribution in [0.3, 0.4) is 0 Å². The molecule has 0 spiro atoms. The fraction of sp³-hybridized carbons (Fsp3) is 0.643. The lowest BCUT2D eigenvalue weighted by Gasteiger charge is -2.34. The molecular formula is C14H21N3O2S2. The Bertz CT molecular complexity index is 497. The second kappa shape index (κ2) is 6.79. The summed E-state index contributed by atoms with van der Waals surface area (Å²) >= 11 is 3.41. The largest absolute Gasteiger partial charge is 0.347 e. The molecule has 0 unspecified atom stereocenters. The summed E-state index contributed by atoms with van der Waals surface area (Å²) in [7, 11) is 0. The highest BCUT2D eigenvalue weighted by Gasteiger charge is 2.30. The smallest absolute Gasteiger partial charge is 0.242 e. The van der Waals surface area contributed by atoms with E-state index in [1.807, 2.05) is 42.8 Å². The molecule has 1 aromatic heterocycles. The number of carbonyl (C=O) groups excluding carboxylic acids is 2. The monoisotopic (exact) mass is 327 g/mol. The molecule has 5 nitrogen and oxygen atoms in total. The van der Waals surface area contributed by atoms with Crippen molar-refractivity contribution in [1.82, 2.24) is 15.2 Å². The van der Waals surface area contributed by atoms with Gasteiger partial charge >= 0.3 is 0 Å². The van der Waals surface area contributed by atoms with Gasteiger partial charge in [-0.1, -0.05) is 20.8 Å². The number of hydrogen-bond acceptors (Lipinski definition) is 5. The van der Waals surface area contributed by atoms with Crippen LogP contribution in [0.2, 0.25) is 0 Å². The molecule has 1 N–H and O–H groups in total. The van der Waals surface area contributed by atoms with Gasteiger partial charge in [-0.25, -0.2) is 4.98 Å². The Balaban J connectivity index is 1.98. The molecule has 0 saturated carbocycles. The van der Waals surface area contributed by atoms with Crippen molar-refractivity contribution in [2.45, 2.75) is 26.8 Å². The summed E-state index contributed by atoms with van der Waals surface area (Å²) in [6.45, 7) is 6.27. The summed E-state index contributed by atoms with van der Waals surface area (Å²) in [6.07, 6.45) is 1.77. The van der Waals surface area contributed by atoms with Gasteiger partial charge in [-0.2, -0.15) is 11.8 Å². The number of nitrogens with zero attached hydrogens (tertiary/aromatic N) is 2. The van der Waals surface area contributed by atoms with Crippen LogP contribution in [0.5, 0.6) is 0 Å². The number of thioether (sulfide) groups is 1. The van der Waals surface area contributed by atoms with Gasteiger partial charge in [0.05, 0.1) is 12.6 Å². The molecule has 21 heavy (non-hydrogen) atoms. The minimum absolute atomic E-state index is 0.0304. The lowest BCUT2D eigenvalue weighted by atomic mass is 9.96. The minimum Gasteiger partial charge on any atom is -0.347 e. The van der Waals surface area contributed by atoms with E-state index in [0.717, 1.165) is 16.5 Å². The fourth-order valence-electron chi connectivity index (χ4n) is 2.03. The van der Waals surface area contributed by atoms with Crippen LogP contribution in [0.25, 0.3) is 0 Å². The van der Waals surface area contributed by atoms with Crippen molar-refractivity contribution in [3.8, 4) is 0 Å². The Morgan fingerprint density at radius 1 is 1.48 bits per heavy atom. The van der Waals surface area contributed by atoms with Crippen molar-refractivity contribution in [1.29, 1.82) is 0 Å². The summed E-state index contributed by atoms with van der Waals surface area (Å²) in [6, 6.07) is 0.0304. The van der Waals surface area contributed by atoms with Gasteiger partial charge in [-0.05, 0) is 0 Å². The highest BCUT2D eigenvalue weighted by atomic mass is 32.2. The van der Waals surface area contributed by atoms with Gasteiger partial charge in [0.15, 0.2) is 0 Å². The first-order valence-electron chi connectivity index (χ1n) is 6.94. The van der Waals surface area contributed by atoms with Crippen LogP contribution in [0.15, 0.2) is 11.6 Å². The van der Waals surface area contributed by atoms with Crippen LogP contribution in [0.1, 0.15) is 31.8 Å². The molecule has 1 aliphatic rings. The molecular weight excluding hydrogens is 306 g/mol. The molecule has 0 radical (unpaired) electrons. The van der Waals surface area contributed by atoms with Gasteiger partial charge in [-0.15, -0.1) is 11.3 Å². The second-order valence-corrected chi connectivity index (χ2v) is 8.06. The van der Waals surface area contributed by atoms with Crippen LogP contribution in [-0.4, -0.2) is 46.3 Å². The Labute approximate surface area is 133 Å². The van der Waals surface area contributed by atoms with Crippen LogP contribution >= 0.6 is 23.1 Å². The minimum atomic E-state index is -0.479. The third-order valence-electron chi connectivity index (χ3n) is 3.27. The molecule has 1 aromatic rings. The van der Waals surface area contributed by atoms with Gasteiger partial charge in [-0.3, -0.25) is 9.59 Å². The van der Waals surface area contributed by atoms with E-state index in [2.05, 4.69) is 10.3 Å². The van der Waals surface area contributed by atoms with Crippen molar-refractivity contribution < 1.29 is 9.59 Å². The maximum atomic E-state index is 12.4. The molecule has 1 aliphatic heterocycles. The quantitative estimate of drug-likeness (QED) is 0.921. The zero-order valence-corrected chi connectivity index (χ0v) is 14.2. The van der Waals surface area contributed by atoms with E-state index in [1.165, 1.54) is 0 Å². The van der Waals surface area contributed by atoms with E-state index in [9.17, 15) is 9.59 Å². The van der Waals surface area contributed by atoms with Crippen molar-refractivity contribution in [3.63, 3.8) is 0 Å². The number of amides is 2. The van der Waals surface area contributed by atoms with Gasteiger partial charge in [0.2, 0.25) is 11.8 Å². The van der Waals surface area contributed by atoms with Gasteiger partial charge in [0.25, 0.3) is 0 Å². The number of hydrogen-bond donors (Lipinski definition) is 1. The molecule has 1 saturated heterocycles. The first-order valence-corrected chi connectivity index (χ1v) is 8.98. The molecule has 2 amide bonds. The first kappa shape index (κ1) is 16.3. The molecule has 2 rings (SSSR count). The maximum absolute atomic E-state index is 12.4. The van der Waals surface area contributed by atoms with Crippen molar-refractivity contribution in [2.24, 2.45) is 5.41 Å². The average Bonchev–Trinajstić information content (AvgIpc) is 2.97. The fourth-order valence-corrected chi connectivity index (χ4v) is 3.94. The van der Waals surface area contributed by atoms with E-state index in [-0.39, 0.29) is 24.4 Å². The van der Waals surface area contributed by atoms with E-state index >= 15 is 0 Å². The summed E-state index contributed by atoms with van der Waals surface area (Å²) in [5, 5.41) is 5.63. The highest BCUT2D eigenvalue weighted by Crippen LogP contribution is 2.30. The third kappa shape index (κ3) is 4.20. The number of aromatic nitrogens is 1. The van der Waals surface area contributed by atoms with E-state index in [0.29, 0.717) is 6.54 Å². The Morgan fingerprint density at radius 2 is 2.24 bits per heavy atom. The topological polar surface area (TPSA) is 62.3 Å². The van der Waals surface area contributed by atoms with Gasteiger partial charge in [0.1, 0.15) is 5.01 Å². The van der Waals surface area contributed by atoms with Crippen LogP contribution in [0, 0.1) is 5.41 Å². The van der Waals surface area contributed by atoms with E-state index < -0.39 is 5.41 Å². The van der Waals surface area contributed by atoms with Gasteiger partial charge in [0, 0.05) is 35.0 Å². The molecule has 1 fully saturated rings. The molecule has 116 valence electrons. The summed E-state index contributed by atoms with van der Waals surface area (Å²) in [5.74, 6) is 1.66. The number of rotatable bonds is 3. The molecule has 0 aromatic carbocycles. The second-order valence-electron chi connectivity index (χ2n) is 5.98. The summed E-state index contributed by atoms with van der Waals surface area (Å²) < 4.78 is 0. The van der Waals surface area contributed by atoms with Crippen molar-refractivity contribution >= 4 is 34.9 Å². The molecule has 0 bridgehead atoms. The third-order valence-corrected chi connectivity index (χ3v) is 5.17.